The minimum Gasteiger partial charge on any atom is -0.303 e. The molecule has 2 aliphatic rings. The van der Waals surface area contributed by atoms with Crippen molar-refractivity contribution < 1.29 is 4.79 Å². The Morgan fingerprint density at radius 2 is 1.79 bits per heavy atom. The van der Waals surface area contributed by atoms with Gasteiger partial charge in [0.1, 0.15) is 6.29 Å². The van der Waals surface area contributed by atoms with Crippen molar-refractivity contribution >= 4 is 6.29 Å². The molecule has 0 saturated heterocycles. The summed E-state index contributed by atoms with van der Waals surface area (Å²) < 4.78 is 0. The van der Waals surface area contributed by atoms with Gasteiger partial charge in [-0.15, -0.1) is 0 Å². The first-order valence-corrected chi connectivity index (χ1v) is 6.35. The van der Waals surface area contributed by atoms with E-state index in [1.54, 1.807) is 0 Å². The van der Waals surface area contributed by atoms with Crippen molar-refractivity contribution in [2.24, 2.45) is 17.8 Å². The summed E-state index contributed by atoms with van der Waals surface area (Å²) in [7, 11) is 0. The molecule has 0 bridgehead atoms. The second kappa shape index (κ2) is 4.95. The van der Waals surface area contributed by atoms with E-state index in [9.17, 15) is 4.79 Å². The number of carbonyl (C=O) groups is 1. The lowest BCUT2D eigenvalue weighted by Gasteiger charge is -2.41. The smallest absolute Gasteiger partial charge is 0.120 e. The van der Waals surface area contributed by atoms with Crippen LogP contribution < -0.4 is 0 Å². The van der Waals surface area contributed by atoms with Crippen LogP contribution in [0.25, 0.3) is 0 Å². The van der Waals surface area contributed by atoms with Crippen LogP contribution >= 0.6 is 0 Å². The second-order valence-corrected chi connectivity index (χ2v) is 5.14. The van der Waals surface area contributed by atoms with Gasteiger partial charge in [-0.3, -0.25) is 0 Å². The summed E-state index contributed by atoms with van der Waals surface area (Å²) in [5.41, 5.74) is 0. The molecule has 0 heterocycles. The molecule has 0 aromatic carbocycles. The average molecular weight is 194 g/mol. The molecule has 2 rings (SSSR count). The van der Waals surface area contributed by atoms with E-state index < -0.39 is 0 Å². The van der Waals surface area contributed by atoms with Gasteiger partial charge in [0.25, 0.3) is 0 Å². The maximum Gasteiger partial charge on any atom is 0.120 e. The average Bonchev–Trinajstić information content (AvgIpc) is 2.26. The predicted octanol–water partition coefficient (Wildman–Crippen LogP) is 3.57. The van der Waals surface area contributed by atoms with Crippen molar-refractivity contribution in [3.63, 3.8) is 0 Å². The minimum atomic E-state index is 0.799. The maximum atomic E-state index is 10.4. The van der Waals surface area contributed by atoms with Gasteiger partial charge in [-0.2, -0.15) is 0 Å². The second-order valence-electron chi connectivity index (χ2n) is 5.14. The van der Waals surface area contributed by atoms with E-state index in [1.165, 1.54) is 51.4 Å². The maximum absolute atomic E-state index is 10.4. The molecule has 3 atom stereocenters. The van der Waals surface area contributed by atoms with Crippen molar-refractivity contribution in [1.29, 1.82) is 0 Å². The lowest BCUT2D eigenvalue weighted by Crippen LogP contribution is -2.30. The van der Waals surface area contributed by atoms with Crippen LogP contribution in [0, 0.1) is 17.8 Å². The standard InChI is InChI=1S/C13H22O/c14-10-4-8-12-7-3-6-11-5-1-2-9-13(11)12/h10-13H,1-9H2/t11-,12-,13?/m1/s1. The van der Waals surface area contributed by atoms with Gasteiger partial charge in [-0.1, -0.05) is 38.5 Å². The van der Waals surface area contributed by atoms with Crippen LogP contribution in [0.2, 0.25) is 0 Å². The van der Waals surface area contributed by atoms with Gasteiger partial charge in [-0.05, 0) is 30.6 Å². The number of rotatable bonds is 3. The highest BCUT2D eigenvalue weighted by molar-refractivity contribution is 5.49. The SMILES string of the molecule is O=CCC[C@H]1CCC[C@H]2CCCCC21. The molecule has 2 fully saturated rings. The summed E-state index contributed by atoms with van der Waals surface area (Å²) in [6.07, 6.45) is 13.2. The Labute approximate surface area is 87.3 Å². The van der Waals surface area contributed by atoms with Crippen molar-refractivity contribution in [3.05, 3.63) is 0 Å². The lowest BCUT2D eigenvalue weighted by atomic mass is 9.64. The summed E-state index contributed by atoms with van der Waals surface area (Å²) >= 11 is 0. The normalized spacial score (nSPS) is 37.6. The highest BCUT2D eigenvalue weighted by Gasteiger charge is 2.33. The molecule has 0 N–H and O–H groups in total. The Morgan fingerprint density at radius 1 is 1.00 bits per heavy atom. The number of fused-ring (bicyclic) bond motifs is 1. The van der Waals surface area contributed by atoms with Crippen molar-refractivity contribution in [1.82, 2.24) is 0 Å². The Morgan fingerprint density at radius 3 is 2.64 bits per heavy atom. The number of hydrogen-bond donors (Lipinski definition) is 0. The molecular weight excluding hydrogens is 172 g/mol. The van der Waals surface area contributed by atoms with Gasteiger partial charge >= 0.3 is 0 Å². The van der Waals surface area contributed by atoms with Crippen molar-refractivity contribution in [2.75, 3.05) is 0 Å². The largest absolute Gasteiger partial charge is 0.303 e. The lowest BCUT2D eigenvalue weighted by molar-refractivity contribution is -0.108. The van der Waals surface area contributed by atoms with Crippen LogP contribution in [0.3, 0.4) is 0 Å². The number of carbonyl (C=O) groups excluding carboxylic acids is 1. The van der Waals surface area contributed by atoms with E-state index in [0.717, 1.165) is 30.5 Å². The van der Waals surface area contributed by atoms with Crippen LogP contribution in [-0.4, -0.2) is 6.29 Å². The van der Waals surface area contributed by atoms with E-state index in [4.69, 9.17) is 0 Å². The van der Waals surface area contributed by atoms with Crippen LogP contribution in [-0.2, 0) is 4.79 Å². The minimum absolute atomic E-state index is 0.799. The van der Waals surface area contributed by atoms with E-state index >= 15 is 0 Å². The third kappa shape index (κ3) is 2.18. The highest BCUT2D eigenvalue weighted by Crippen LogP contribution is 2.45. The fourth-order valence-electron chi connectivity index (χ4n) is 3.71. The van der Waals surface area contributed by atoms with E-state index in [0.29, 0.717) is 0 Å². The zero-order valence-corrected chi connectivity index (χ0v) is 9.08. The molecule has 1 nitrogen and oxygen atoms in total. The predicted molar refractivity (Wildman–Crippen MR) is 58.1 cm³/mol. The first kappa shape index (κ1) is 10.2. The molecular formula is C13H22O. The molecule has 1 unspecified atom stereocenters. The van der Waals surface area contributed by atoms with Gasteiger partial charge in [0.2, 0.25) is 0 Å². The number of aldehydes is 1. The monoisotopic (exact) mass is 194 g/mol. The summed E-state index contributed by atoms with van der Waals surface area (Å²) in [5.74, 6) is 2.89. The van der Waals surface area contributed by atoms with Gasteiger partial charge in [0.05, 0.1) is 0 Å². The van der Waals surface area contributed by atoms with E-state index in [-0.39, 0.29) is 0 Å². The molecule has 14 heavy (non-hydrogen) atoms. The summed E-state index contributed by atoms with van der Waals surface area (Å²) in [5, 5.41) is 0. The molecule has 0 aromatic rings. The highest BCUT2D eigenvalue weighted by atomic mass is 16.1. The van der Waals surface area contributed by atoms with Crippen LogP contribution in [0.5, 0.6) is 0 Å². The van der Waals surface area contributed by atoms with Gasteiger partial charge in [-0.25, -0.2) is 0 Å². The molecule has 0 aromatic heterocycles. The molecule has 2 aliphatic carbocycles. The Hall–Kier alpha value is -0.330. The Bertz CT molecular complexity index is 186. The van der Waals surface area contributed by atoms with Gasteiger partial charge in [0, 0.05) is 6.42 Å². The topological polar surface area (TPSA) is 17.1 Å². The van der Waals surface area contributed by atoms with Crippen molar-refractivity contribution in [3.8, 4) is 0 Å². The molecule has 1 heteroatoms. The quantitative estimate of drug-likeness (QED) is 0.628. The van der Waals surface area contributed by atoms with Crippen LogP contribution in [0.15, 0.2) is 0 Å². The number of hydrogen-bond acceptors (Lipinski definition) is 1. The zero-order chi connectivity index (χ0) is 9.80. The van der Waals surface area contributed by atoms with Crippen LogP contribution in [0.4, 0.5) is 0 Å². The molecule has 2 saturated carbocycles. The molecule has 0 aliphatic heterocycles. The van der Waals surface area contributed by atoms with Crippen LogP contribution in [0.1, 0.15) is 57.8 Å². The van der Waals surface area contributed by atoms with E-state index in [1.807, 2.05) is 0 Å². The fourth-order valence-corrected chi connectivity index (χ4v) is 3.71. The zero-order valence-electron chi connectivity index (χ0n) is 9.08. The molecule has 80 valence electrons. The first-order chi connectivity index (χ1) is 6.92. The molecule has 0 spiro atoms. The third-order valence-electron chi connectivity index (χ3n) is 4.38. The summed E-state index contributed by atoms with van der Waals surface area (Å²) in [6, 6.07) is 0. The van der Waals surface area contributed by atoms with Crippen molar-refractivity contribution in [2.45, 2.75) is 57.8 Å². The molecule has 0 amide bonds. The third-order valence-corrected chi connectivity index (χ3v) is 4.38. The summed E-state index contributed by atoms with van der Waals surface area (Å²) in [6.45, 7) is 0. The summed E-state index contributed by atoms with van der Waals surface area (Å²) in [4.78, 5) is 10.4. The van der Waals surface area contributed by atoms with Gasteiger partial charge < -0.3 is 4.79 Å². The first-order valence-electron chi connectivity index (χ1n) is 6.35. The van der Waals surface area contributed by atoms with Gasteiger partial charge in [0.15, 0.2) is 0 Å². The molecule has 0 radical (unpaired) electrons. The Balaban J connectivity index is 1.90. The fraction of sp³-hybridized carbons (Fsp3) is 0.923. The Kier molecular flexibility index (Phi) is 3.61. The van der Waals surface area contributed by atoms with E-state index in [2.05, 4.69) is 0 Å².